The van der Waals surface area contributed by atoms with E-state index in [0.29, 0.717) is 11.5 Å². The second-order valence-electron chi connectivity index (χ2n) is 6.52. The van der Waals surface area contributed by atoms with Crippen LogP contribution in [0.15, 0.2) is 69.8 Å². The van der Waals surface area contributed by atoms with Crippen LogP contribution in [-0.4, -0.2) is 19.3 Å². The van der Waals surface area contributed by atoms with E-state index in [0.717, 1.165) is 24.5 Å². The van der Waals surface area contributed by atoms with E-state index in [4.69, 9.17) is 13.7 Å². The van der Waals surface area contributed by atoms with Gasteiger partial charge in [-0.2, -0.15) is 0 Å². The fraction of sp³-hybridized carbons (Fsp3) is 0.190. The van der Waals surface area contributed by atoms with E-state index in [9.17, 15) is 0 Å². The van der Waals surface area contributed by atoms with Gasteiger partial charge in [0.2, 0.25) is 5.76 Å². The highest BCUT2D eigenvalue weighted by Gasteiger charge is 2.13. The highest BCUT2D eigenvalue weighted by atomic mass is 16.5. The molecule has 0 saturated heterocycles. The number of methoxy groups -OCH3 is 1. The van der Waals surface area contributed by atoms with Crippen LogP contribution in [0.4, 0.5) is 0 Å². The average Bonchev–Trinajstić information content (AvgIpc) is 3.32. The van der Waals surface area contributed by atoms with E-state index < -0.39 is 0 Å². The first kappa shape index (κ1) is 16.4. The molecule has 0 saturated carbocycles. The van der Waals surface area contributed by atoms with Crippen molar-refractivity contribution < 1.29 is 18.6 Å². The molecule has 0 amide bonds. The van der Waals surface area contributed by atoms with Crippen LogP contribution in [0.1, 0.15) is 11.3 Å². The van der Waals surface area contributed by atoms with Gasteiger partial charge in [0, 0.05) is 11.6 Å². The van der Waals surface area contributed by atoms with E-state index in [2.05, 4.69) is 42.5 Å². The number of nitrogens with zero attached hydrogens (tertiary/aromatic N) is 1. The SMILES string of the molecule is COc1ccc2cc(C[NH+](C)Cc3cc(-c4ccco4)on3)ccc2c1. The van der Waals surface area contributed by atoms with Crippen LogP contribution in [0, 0.1) is 0 Å². The van der Waals surface area contributed by atoms with Crippen molar-refractivity contribution in [3.63, 3.8) is 0 Å². The maximum absolute atomic E-state index is 5.37. The van der Waals surface area contributed by atoms with Gasteiger partial charge in [0.25, 0.3) is 0 Å². The van der Waals surface area contributed by atoms with Gasteiger partial charge in [-0.1, -0.05) is 23.4 Å². The first-order valence-corrected chi connectivity index (χ1v) is 8.59. The van der Waals surface area contributed by atoms with Crippen molar-refractivity contribution in [2.24, 2.45) is 0 Å². The number of furan rings is 1. The predicted octanol–water partition coefficient (Wildman–Crippen LogP) is 3.31. The molecule has 0 fully saturated rings. The Labute approximate surface area is 151 Å². The number of rotatable bonds is 6. The molecule has 26 heavy (non-hydrogen) atoms. The Bertz CT molecular complexity index is 1010. The van der Waals surface area contributed by atoms with Gasteiger partial charge < -0.3 is 18.6 Å². The lowest BCUT2D eigenvalue weighted by Gasteiger charge is -2.13. The number of hydrogen-bond donors (Lipinski definition) is 1. The van der Waals surface area contributed by atoms with Gasteiger partial charge in [0.1, 0.15) is 24.5 Å². The van der Waals surface area contributed by atoms with Gasteiger partial charge in [0.05, 0.1) is 20.4 Å². The lowest BCUT2D eigenvalue weighted by molar-refractivity contribution is -0.908. The Kier molecular flexibility index (Phi) is 4.46. The average molecular weight is 349 g/mol. The molecule has 1 unspecified atom stereocenters. The molecular weight excluding hydrogens is 328 g/mol. The molecule has 0 radical (unpaired) electrons. The Morgan fingerprint density at radius 3 is 2.62 bits per heavy atom. The van der Waals surface area contributed by atoms with Gasteiger partial charge in [-0.05, 0) is 41.1 Å². The molecule has 4 aromatic rings. The Balaban J connectivity index is 1.44. The number of fused-ring (bicyclic) bond motifs is 1. The minimum atomic E-state index is 0.664. The smallest absolute Gasteiger partial charge is 0.202 e. The molecule has 0 aliphatic carbocycles. The van der Waals surface area contributed by atoms with Crippen molar-refractivity contribution in [1.82, 2.24) is 5.16 Å². The van der Waals surface area contributed by atoms with Crippen LogP contribution in [-0.2, 0) is 13.1 Å². The standard InChI is InChI=1S/C21H20N2O3/c1-23(14-18-12-21(26-22-18)20-4-3-9-25-20)13-15-5-6-17-11-19(24-2)8-7-16(17)10-15/h3-12H,13-14H2,1-2H3/p+1. The largest absolute Gasteiger partial charge is 0.497 e. The molecular formula is C21H21N2O3+. The summed E-state index contributed by atoms with van der Waals surface area (Å²) in [4.78, 5) is 1.33. The molecule has 1 atom stereocenters. The summed E-state index contributed by atoms with van der Waals surface area (Å²) in [5.41, 5.74) is 2.20. The van der Waals surface area contributed by atoms with E-state index in [1.165, 1.54) is 21.2 Å². The van der Waals surface area contributed by atoms with Crippen molar-refractivity contribution >= 4 is 10.8 Å². The molecule has 5 nitrogen and oxygen atoms in total. The van der Waals surface area contributed by atoms with Crippen molar-refractivity contribution in [1.29, 1.82) is 0 Å². The van der Waals surface area contributed by atoms with Crippen LogP contribution in [0.5, 0.6) is 5.75 Å². The van der Waals surface area contributed by atoms with Crippen LogP contribution >= 0.6 is 0 Å². The molecule has 4 rings (SSSR count). The van der Waals surface area contributed by atoms with E-state index in [-0.39, 0.29) is 0 Å². The molecule has 2 aromatic heterocycles. The van der Waals surface area contributed by atoms with Crippen LogP contribution in [0.3, 0.4) is 0 Å². The Morgan fingerprint density at radius 1 is 0.962 bits per heavy atom. The summed E-state index contributed by atoms with van der Waals surface area (Å²) in [6.07, 6.45) is 1.63. The van der Waals surface area contributed by atoms with E-state index in [1.807, 2.05) is 24.3 Å². The van der Waals surface area contributed by atoms with E-state index >= 15 is 0 Å². The molecule has 0 spiro atoms. The summed E-state index contributed by atoms with van der Waals surface area (Å²) in [5, 5.41) is 6.56. The normalized spacial score (nSPS) is 12.4. The summed E-state index contributed by atoms with van der Waals surface area (Å²) in [6, 6.07) is 18.3. The number of nitrogens with one attached hydrogen (secondary N) is 1. The van der Waals surface area contributed by atoms with E-state index in [1.54, 1.807) is 13.4 Å². The predicted molar refractivity (Wildman–Crippen MR) is 99.0 cm³/mol. The monoisotopic (exact) mass is 349 g/mol. The minimum Gasteiger partial charge on any atom is -0.497 e. The van der Waals surface area contributed by atoms with Gasteiger partial charge in [-0.25, -0.2) is 0 Å². The number of benzene rings is 2. The van der Waals surface area contributed by atoms with Crippen molar-refractivity contribution in [3.05, 3.63) is 72.1 Å². The maximum atomic E-state index is 5.37. The third-order valence-electron chi connectivity index (χ3n) is 4.42. The quantitative estimate of drug-likeness (QED) is 0.580. The topological polar surface area (TPSA) is 52.8 Å². The maximum Gasteiger partial charge on any atom is 0.202 e. The van der Waals surface area contributed by atoms with Crippen molar-refractivity contribution in [2.75, 3.05) is 14.2 Å². The Morgan fingerprint density at radius 2 is 1.81 bits per heavy atom. The molecule has 132 valence electrons. The fourth-order valence-corrected chi connectivity index (χ4v) is 3.16. The molecule has 0 aliphatic rings. The summed E-state index contributed by atoms with van der Waals surface area (Å²) in [7, 11) is 3.84. The second-order valence-corrected chi connectivity index (χ2v) is 6.52. The molecule has 2 heterocycles. The van der Waals surface area contributed by atoms with Crippen LogP contribution in [0.2, 0.25) is 0 Å². The second kappa shape index (κ2) is 7.06. The number of quaternary nitrogens is 1. The van der Waals surface area contributed by atoms with Crippen LogP contribution < -0.4 is 9.64 Å². The lowest BCUT2D eigenvalue weighted by atomic mass is 10.1. The first-order chi connectivity index (χ1) is 12.7. The number of ether oxygens (including phenoxy) is 1. The molecule has 0 aliphatic heterocycles. The number of aromatic nitrogens is 1. The van der Waals surface area contributed by atoms with Gasteiger partial charge in [-0.15, -0.1) is 0 Å². The highest BCUT2D eigenvalue weighted by molar-refractivity contribution is 5.84. The third-order valence-corrected chi connectivity index (χ3v) is 4.42. The molecule has 5 heteroatoms. The molecule has 1 N–H and O–H groups in total. The molecule has 0 bridgehead atoms. The van der Waals surface area contributed by atoms with Crippen molar-refractivity contribution in [3.8, 4) is 17.3 Å². The zero-order valence-corrected chi connectivity index (χ0v) is 14.9. The first-order valence-electron chi connectivity index (χ1n) is 8.59. The fourth-order valence-electron chi connectivity index (χ4n) is 3.16. The number of hydrogen-bond acceptors (Lipinski definition) is 4. The summed E-state index contributed by atoms with van der Waals surface area (Å²) in [5.74, 6) is 2.25. The zero-order valence-electron chi connectivity index (χ0n) is 14.9. The van der Waals surface area contributed by atoms with Crippen LogP contribution in [0.25, 0.3) is 22.3 Å². The third kappa shape index (κ3) is 3.48. The molecule has 2 aromatic carbocycles. The zero-order chi connectivity index (χ0) is 17.9. The lowest BCUT2D eigenvalue weighted by Crippen LogP contribution is -3.06. The minimum absolute atomic E-state index is 0.664. The van der Waals surface area contributed by atoms with Gasteiger partial charge in [-0.3, -0.25) is 0 Å². The summed E-state index contributed by atoms with van der Waals surface area (Å²) >= 11 is 0. The Hall–Kier alpha value is -3.05. The van der Waals surface area contributed by atoms with Gasteiger partial charge in [0.15, 0.2) is 5.76 Å². The van der Waals surface area contributed by atoms with Crippen molar-refractivity contribution in [2.45, 2.75) is 13.1 Å². The van der Waals surface area contributed by atoms with Gasteiger partial charge >= 0.3 is 0 Å². The summed E-state index contributed by atoms with van der Waals surface area (Å²) in [6.45, 7) is 1.69. The highest BCUT2D eigenvalue weighted by Crippen LogP contribution is 2.22. The summed E-state index contributed by atoms with van der Waals surface area (Å²) < 4.78 is 16.0.